The van der Waals surface area contributed by atoms with Crippen molar-refractivity contribution in [2.45, 2.75) is 31.3 Å². The van der Waals surface area contributed by atoms with Gasteiger partial charge >= 0.3 is 0 Å². The summed E-state index contributed by atoms with van der Waals surface area (Å²) in [6, 6.07) is 23.5. The summed E-state index contributed by atoms with van der Waals surface area (Å²) in [5.41, 5.74) is 1.99. The van der Waals surface area contributed by atoms with Gasteiger partial charge in [0.25, 0.3) is 11.5 Å². The van der Waals surface area contributed by atoms with E-state index in [4.69, 9.17) is 4.74 Å². The van der Waals surface area contributed by atoms with E-state index in [9.17, 15) is 14.4 Å². The molecule has 0 radical (unpaired) electrons. The summed E-state index contributed by atoms with van der Waals surface area (Å²) in [5.74, 6) is 0.515. The fourth-order valence-corrected chi connectivity index (χ4v) is 5.25. The third-order valence-electron chi connectivity index (χ3n) is 6.82. The molecule has 3 atom stereocenters. The number of fused-ring (bicyclic) bond motifs is 4. The smallest absolute Gasteiger partial charge is 0.258 e. The maximum atomic E-state index is 13.7. The topological polar surface area (TPSA) is 80.6 Å². The fraction of sp³-hybridized carbons (Fsp3) is 0.321. The number of likely N-dealkylation sites (tertiary alicyclic amines) is 1. The molecule has 1 saturated heterocycles. The quantitative estimate of drug-likeness (QED) is 0.575. The van der Waals surface area contributed by atoms with Crippen LogP contribution in [0.4, 0.5) is 0 Å². The van der Waals surface area contributed by atoms with Crippen LogP contribution in [-0.4, -0.2) is 47.0 Å². The van der Waals surface area contributed by atoms with Crippen LogP contribution in [-0.2, 0) is 22.6 Å². The van der Waals surface area contributed by atoms with Crippen LogP contribution in [0.2, 0.25) is 0 Å². The number of para-hydroxylation sites is 1. The predicted octanol–water partition coefficient (Wildman–Crippen LogP) is 2.60. The highest BCUT2D eigenvalue weighted by Crippen LogP contribution is 2.35. The normalized spacial score (nSPS) is 19.4. The van der Waals surface area contributed by atoms with Crippen LogP contribution >= 0.6 is 0 Å². The number of ether oxygens (including phenoxy) is 1. The Kier molecular flexibility index (Phi) is 6.66. The summed E-state index contributed by atoms with van der Waals surface area (Å²) in [4.78, 5) is 40.7. The third-order valence-corrected chi connectivity index (χ3v) is 6.82. The van der Waals surface area contributed by atoms with E-state index in [1.54, 1.807) is 24.3 Å². The molecule has 1 N–H and O–H groups in total. The minimum atomic E-state index is -0.693. The first kappa shape index (κ1) is 22.9. The number of nitrogens with one attached hydrogen (secondary N) is 1. The Morgan fingerprint density at radius 3 is 2.43 bits per heavy atom. The first-order chi connectivity index (χ1) is 17.1. The van der Waals surface area contributed by atoms with Crippen molar-refractivity contribution < 1.29 is 14.3 Å². The molecule has 180 valence electrons. The minimum Gasteiger partial charge on any atom is -0.484 e. The molecule has 3 aromatic rings. The molecule has 1 aromatic heterocycles. The molecule has 7 heteroatoms. The van der Waals surface area contributed by atoms with Crippen LogP contribution in [0.15, 0.2) is 83.7 Å². The molecular weight excluding hydrogens is 442 g/mol. The number of aromatic nitrogens is 1. The van der Waals surface area contributed by atoms with E-state index in [-0.39, 0.29) is 35.8 Å². The lowest BCUT2D eigenvalue weighted by Crippen LogP contribution is -2.56. The second-order valence-corrected chi connectivity index (χ2v) is 9.35. The van der Waals surface area contributed by atoms with Crippen molar-refractivity contribution in [1.82, 2.24) is 14.8 Å². The van der Waals surface area contributed by atoms with Crippen molar-refractivity contribution in [3.63, 3.8) is 0 Å². The summed E-state index contributed by atoms with van der Waals surface area (Å²) >= 11 is 0. The first-order valence-electron chi connectivity index (χ1n) is 12.1. The molecule has 2 aromatic carbocycles. The van der Waals surface area contributed by atoms with Crippen molar-refractivity contribution in [3.05, 3.63) is 100 Å². The molecule has 0 unspecified atom stereocenters. The molecule has 0 aliphatic carbocycles. The Labute approximate surface area is 204 Å². The van der Waals surface area contributed by atoms with Gasteiger partial charge in [0.05, 0.1) is 0 Å². The Hall–Kier alpha value is -3.87. The minimum absolute atomic E-state index is 0.0182. The van der Waals surface area contributed by atoms with Gasteiger partial charge in [-0.05, 0) is 36.1 Å². The van der Waals surface area contributed by atoms with E-state index in [0.29, 0.717) is 31.8 Å². The van der Waals surface area contributed by atoms with E-state index in [1.165, 1.54) is 0 Å². The average molecular weight is 472 g/mol. The Morgan fingerprint density at radius 2 is 1.66 bits per heavy atom. The highest BCUT2D eigenvalue weighted by Gasteiger charge is 2.38. The summed E-state index contributed by atoms with van der Waals surface area (Å²) in [6.45, 7) is 1.58. The first-order valence-corrected chi connectivity index (χ1v) is 12.1. The number of hydrogen-bond donors (Lipinski definition) is 1. The second kappa shape index (κ2) is 10.2. The molecule has 0 saturated carbocycles. The lowest BCUT2D eigenvalue weighted by atomic mass is 9.83. The molecule has 7 nitrogen and oxygen atoms in total. The van der Waals surface area contributed by atoms with E-state index < -0.39 is 6.04 Å². The molecule has 3 heterocycles. The Morgan fingerprint density at radius 1 is 0.914 bits per heavy atom. The number of piperidine rings is 1. The predicted molar refractivity (Wildman–Crippen MR) is 132 cm³/mol. The lowest BCUT2D eigenvalue weighted by molar-refractivity contribution is -0.139. The van der Waals surface area contributed by atoms with Crippen LogP contribution in [0, 0.1) is 5.92 Å². The fourth-order valence-electron chi connectivity index (χ4n) is 5.25. The summed E-state index contributed by atoms with van der Waals surface area (Å²) < 4.78 is 7.44. The molecule has 35 heavy (non-hydrogen) atoms. The van der Waals surface area contributed by atoms with Crippen molar-refractivity contribution in [1.29, 1.82) is 0 Å². The number of rotatable bonds is 7. The van der Waals surface area contributed by atoms with Crippen molar-refractivity contribution >= 4 is 11.8 Å². The highest BCUT2D eigenvalue weighted by atomic mass is 16.5. The van der Waals surface area contributed by atoms with Gasteiger partial charge in [-0.25, -0.2) is 0 Å². The molecular formula is C28H29N3O4. The van der Waals surface area contributed by atoms with Crippen LogP contribution in [0.3, 0.4) is 0 Å². The maximum Gasteiger partial charge on any atom is 0.258 e. The van der Waals surface area contributed by atoms with Crippen molar-refractivity contribution in [3.8, 4) is 5.75 Å². The number of carbonyl (C=O) groups excluding carboxylic acids is 2. The van der Waals surface area contributed by atoms with Gasteiger partial charge in [-0.2, -0.15) is 0 Å². The number of nitrogens with zero attached hydrogens (tertiary/aromatic N) is 2. The number of pyridine rings is 1. The summed E-state index contributed by atoms with van der Waals surface area (Å²) in [5, 5.41) is 2.92. The van der Waals surface area contributed by atoms with Gasteiger partial charge in [-0.3, -0.25) is 14.4 Å². The molecule has 2 bridgehead atoms. The van der Waals surface area contributed by atoms with Gasteiger partial charge in [0.1, 0.15) is 11.8 Å². The van der Waals surface area contributed by atoms with Gasteiger partial charge in [-0.1, -0.05) is 54.6 Å². The maximum absolute atomic E-state index is 13.7. The van der Waals surface area contributed by atoms with Gasteiger partial charge in [0.15, 0.2) is 6.61 Å². The molecule has 2 aliphatic heterocycles. The second-order valence-electron chi connectivity index (χ2n) is 9.35. The van der Waals surface area contributed by atoms with E-state index in [0.717, 1.165) is 17.7 Å². The Bertz CT molecular complexity index is 1240. The molecule has 1 fully saturated rings. The standard InChI is InChI=1S/C28H29N3O4/c32-26(19-35-23-10-5-2-6-11-23)29-24(15-20-8-3-1-4-9-20)28(34)30-16-21-14-22(18-30)25-12-7-13-27(33)31(25)17-21/h1-13,21-22,24H,14-19H2,(H,29,32)/t21-,22+,24-/m0/s1. The van der Waals surface area contributed by atoms with Crippen LogP contribution in [0.25, 0.3) is 0 Å². The summed E-state index contributed by atoms with van der Waals surface area (Å²) in [6.07, 6.45) is 1.37. The van der Waals surface area contributed by atoms with Crippen molar-refractivity contribution in [2.75, 3.05) is 19.7 Å². The lowest BCUT2D eigenvalue weighted by Gasteiger charge is -2.43. The van der Waals surface area contributed by atoms with Crippen LogP contribution < -0.4 is 15.6 Å². The number of amides is 2. The molecule has 2 amide bonds. The van der Waals surface area contributed by atoms with E-state index in [1.807, 2.05) is 64.1 Å². The van der Waals surface area contributed by atoms with Gasteiger partial charge in [0.2, 0.25) is 5.91 Å². The number of hydrogen-bond acceptors (Lipinski definition) is 4. The van der Waals surface area contributed by atoms with Gasteiger partial charge < -0.3 is 19.5 Å². The molecule has 5 rings (SSSR count). The average Bonchev–Trinajstić information content (AvgIpc) is 2.88. The largest absolute Gasteiger partial charge is 0.484 e. The zero-order valence-corrected chi connectivity index (χ0v) is 19.5. The number of benzene rings is 2. The van der Waals surface area contributed by atoms with E-state index >= 15 is 0 Å². The SMILES string of the molecule is O=C(COc1ccccc1)N[C@@H](Cc1ccccc1)C(=O)N1C[C@@H]2C[C@H](C1)c1cccc(=O)n1C2. The Balaban J connectivity index is 1.31. The number of carbonyl (C=O) groups is 2. The third kappa shape index (κ3) is 5.29. The van der Waals surface area contributed by atoms with Crippen molar-refractivity contribution in [2.24, 2.45) is 5.92 Å². The molecule has 2 aliphatic rings. The van der Waals surface area contributed by atoms with Crippen LogP contribution in [0.1, 0.15) is 23.6 Å². The van der Waals surface area contributed by atoms with Gasteiger partial charge in [0, 0.05) is 43.7 Å². The highest BCUT2D eigenvalue weighted by molar-refractivity contribution is 5.88. The molecule has 0 spiro atoms. The summed E-state index contributed by atoms with van der Waals surface area (Å²) in [7, 11) is 0. The zero-order chi connectivity index (χ0) is 24.2. The monoisotopic (exact) mass is 471 g/mol. The zero-order valence-electron chi connectivity index (χ0n) is 19.5. The van der Waals surface area contributed by atoms with Gasteiger partial charge in [-0.15, -0.1) is 0 Å². The van der Waals surface area contributed by atoms with E-state index in [2.05, 4.69) is 5.32 Å². The van der Waals surface area contributed by atoms with Crippen LogP contribution in [0.5, 0.6) is 5.75 Å².